The van der Waals surface area contributed by atoms with Gasteiger partial charge in [-0.2, -0.15) is 0 Å². The van der Waals surface area contributed by atoms with Gasteiger partial charge in [0.15, 0.2) is 11.4 Å². The summed E-state index contributed by atoms with van der Waals surface area (Å²) in [5, 5.41) is 19.1. The van der Waals surface area contributed by atoms with Crippen molar-refractivity contribution in [3.8, 4) is 0 Å². The maximum absolute atomic E-state index is 13.0. The normalized spacial score (nSPS) is 22.9. The Morgan fingerprint density at radius 3 is 2.66 bits per heavy atom. The molecule has 0 fully saturated rings. The van der Waals surface area contributed by atoms with Crippen molar-refractivity contribution in [2.24, 2.45) is 5.92 Å². The summed E-state index contributed by atoms with van der Waals surface area (Å²) in [6.07, 6.45) is 3.69. The van der Waals surface area contributed by atoms with Crippen LogP contribution in [0.2, 0.25) is 0 Å². The molecule has 0 saturated heterocycles. The first kappa shape index (κ1) is 31.2. The third kappa shape index (κ3) is 10.0. The first-order valence-corrected chi connectivity index (χ1v) is 13.7. The Labute approximate surface area is 228 Å². The second-order valence-electron chi connectivity index (χ2n) is 9.26. The number of aliphatic hydroxyl groups excluding tert-OH is 1. The number of amides is 3. The molecule has 2 heterocycles. The van der Waals surface area contributed by atoms with E-state index in [2.05, 4.69) is 20.9 Å². The van der Waals surface area contributed by atoms with Crippen molar-refractivity contribution in [2.45, 2.75) is 78.9 Å². The number of nitrogens with zero attached hydrogens (tertiary/aromatic N) is 1. The fraction of sp³-hybridized carbons (Fsp3) is 0.519. The summed E-state index contributed by atoms with van der Waals surface area (Å²) in [4.78, 5) is 54.5. The summed E-state index contributed by atoms with van der Waals surface area (Å²) < 4.78 is 5.84. The maximum Gasteiger partial charge on any atom is 0.274 e. The number of ether oxygens (including phenoxy) is 1. The van der Waals surface area contributed by atoms with Crippen LogP contribution in [-0.4, -0.2) is 57.1 Å². The van der Waals surface area contributed by atoms with E-state index >= 15 is 0 Å². The quantitative estimate of drug-likeness (QED) is 0.242. The van der Waals surface area contributed by atoms with Crippen LogP contribution in [0.4, 0.5) is 0 Å². The van der Waals surface area contributed by atoms with Crippen LogP contribution >= 0.6 is 11.8 Å². The molecule has 1 aromatic rings. The number of allylic oxidation sites excluding steroid dienone is 2. The molecular weight excluding hydrogens is 508 g/mol. The van der Waals surface area contributed by atoms with Crippen LogP contribution in [0.15, 0.2) is 36.1 Å². The number of rotatable bonds is 6. The molecule has 3 atom stereocenters. The van der Waals surface area contributed by atoms with Gasteiger partial charge in [-0.25, -0.2) is 4.98 Å². The van der Waals surface area contributed by atoms with Gasteiger partial charge in [-0.1, -0.05) is 50.8 Å². The van der Waals surface area contributed by atoms with E-state index in [1.165, 1.54) is 17.8 Å². The molecule has 4 N–H and O–H groups in total. The van der Waals surface area contributed by atoms with Crippen molar-refractivity contribution in [1.29, 1.82) is 0 Å². The van der Waals surface area contributed by atoms with E-state index in [0.717, 1.165) is 5.56 Å². The number of nitrogens with one attached hydrogen (secondary N) is 3. The molecule has 38 heavy (non-hydrogen) atoms. The monoisotopic (exact) mass is 546 g/mol. The van der Waals surface area contributed by atoms with Gasteiger partial charge in [0.2, 0.25) is 5.91 Å². The van der Waals surface area contributed by atoms with Crippen molar-refractivity contribution in [3.05, 3.63) is 53.0 Å². The predicted octanol–water partition coefficient (Wildman–Crippen LogP) is 2.50. The molecule has 2 rings (SSSR count). The van der Waals surface area contributed by atoms with Gasteiger partial charge in [0, 0.05) is 12.2 Å². The fourth-order valence-electron chi connectivity index (χ4n) is 3.65. The van der Waals surface area contributed by atoms with E-state index in [1.54, 1.807) is 32.1 Å². The molecule has 0 aliphatic carbocycles. The summed E-state index contributed by atoms with van der Waals surface area (Å²) in [5.41, 5.74) is 1.37. The standard InChI is InChI=1S/C27H38N4O6S/c1-6-20-25(34)31-24(16(3)4)27(36)37-19(10-8-9-11-38-23(33)7-2)14-22(32)28-15-18-12-17(5)13-21(29-18)26(35)30-20/h6,8,10,12-13,16,19,24,27,36H,7,9,11,14-15H2,1-5H3,(H,28,32)(H,30,35)(H,31,34)/b10-8+,20-6-/t19-,24+,27?/m1/s1. The number of aliphatic hydroxyl groups is 1. The molecule has 1 aliphatic heterocycles. The van der Waals surface area contributed by atoms with Gasteiger partial charge >= 0.3 is 0 Å². The van der Waals surface area contributed by atoms with E-state index in [1.807, 2.05) is 26.8 Å². The van der Waals surface area contributed by atoms with E-state index in [-0.39, 0.29) is 41.3 Å². The van der Waals surface area contributed by atoms with Crippen molar-refractivity contribution in [2.75, 3.05) is 5.75 Å². The smallest absolute Gasteiger partial charge is 0.274 e. The van der Waals surface area contributed by atoms with Crippen LogP contribution in [0.3, 0.4) is 0 Å². The summed E-state index contributed by atoms with van der Waals surface area (Å²) in [5.74, 6) is -1.15. The number of aryl methyl sites for hydroxylation is 1. The van der Waals surface area contributed by atoms with Crippen LogP contribution in [0.25, 0.3) is 0 Å². The second-order valence-corrected chi connectivity index (χ2v) is 10.4. The van der Waals surface area contributed by atoms with Crippen molar-refractivity contribution >= 4 is 34.6 Å². The highest BCUT2D eigenvalue weighted by Crippen LogP contribution is 2.15. The Balaban J connectivity index is 2.34. The van der Waals surface area contributed by atoms with Crippen LogP contribution in [-0.2, 0) is 25.7 Å². The Bertz CT molecular complexity index is 1070. The number of hydrogen-bond donors (Lipinski definition) is 4. The number of pyridine rings is 1. The van der Waals surface area contributed by atoms with Crippen molar-refractivity contribution in [1.82, 2.24) is 20.9 Å². The first-order chi connectivity index (χ1) is 18.0. The predicted molar refractivity (Wildman–Crippen MR) is 146 cm³/mol. The number of thioether (sulfide) groups is 1. The van der Waals surface area contributed by atoms with Crippen LogP contribution < -0.4 is 16.0 Å². The van der Waals surface area contributed by atoms with Gasteiger partial charge in [0.25, 0.3) is 11.8 Å². The second kappa shape index (κ2) is 15.4. The lowest BCUT2D eigenvalue weighted by molar-refractivity contribution is -0.157. The molecule has 11 heteroatoms. The number of fused-ring (bicyclic) bond motifs is 2. The molecular formula is C27H38N4O6S. The molecule has 2 bridgehead atoms. The Morgan fingerprint density at radius 2 is 2.00 bits per heavy atom. The number of aromatic nitrogens is 1. The zero-order chi connectivity index (χ0) is 28.2. The van der Waals surface area contributed by atoms with E-state index in [0.29, 0.717) is 24.3 Å². The molecule has 1 aliphatic rings. The summed E-state index contributed by atoms with van der Waals surface area (Å²) >= 11 is 1.24. The molecule has 0 saturated carbocycles. The highest BCUT2D eigenvalue weighted by Gasteiger charge is 2.29. The highest BCUT2D eigenvalue weighted by molar-refractivity contribution is 8.13. The first-order valence-electron chi connectivity index (χ1n) is 12.7. The van der Waals surface area contributed by atoms with Crippen LogP contribution in [0.5, 0.6) is 0 Å². The average molecular weight is 547 g/mol. The largest absolute Gasteiger partial charge is 0.366 e. The fourth-order valence-corrected chi connectivity index (χ4v) is 4.33. The molecule has 0 spiro atoms. The SMILES string of the molecule is C/C=C1\NC(=O)c2cc(C)cc(n2)CNC(=O)C[C@@H](/C=C/CCSC(=O)CC)OC(O)[C@H](C(C)C)NC1=O. The van der Waals surface area contributed by atoms with Gasteiger partial charge in [0.1, 0.15) is 11.4 Å². The summed E-state index contributed by atoms with van der Waals surface area (Å²) in [7, 11) is 0. The third-order valence-corrected chi connectivity index (χ3v) is 6.77. The lowest BCUT2D eigenvalue weighted by Crippen LogP contribution is -2.50. The van der Waals surface area contributed by atoms with E-state index in [9.17, 15) is 24.3 Å². The lowest BCUT2D eigenvalue weighted by Gasteiger charge is -2.30. The molecule has 3 amide bonds. The topological polar surface area (TPSA) is 147 Å². The zero-order valence-corrected chi connectivity index (χ0v) is 23.4. The van der Waals surface area contributed by atoms with Gasteiger partial charge < -0.3 is 25.8 Å². The van der Waals surface area contributed by atoms with Gasteiger partial charge in [0.05, 0.1) is 30.8 Å². The third-order valence-electron chi connectivity index (χ3n) is 5.71. The van der Waals surface area contributed by atoms with Gasteiger partial charge in [-0.15, -0.1) is 0 Å². The van der Waals surface area contributed by atoms with Crippen molar-refractivity contribution in [3.63, 3.8) is 0 Å². The van der Waals surface area contributed by atoms with Crippen LogP contribution in [0.1, 0.15) is 68.7 Å². The Hall–Kier alpha value is -3.02. The zero-order valence-electron chi connectivity index (χ0n) is 22.6. The number of carbonyl (C=O) groups excluding carboxylic acids is 4. The van der Waals surface area contributed by atoms with Crippen molar-refractivity contribution < 1.29 is 29.0 Å². The summed E-state index contributed by atoms with van der Waals surface area (Å²) in [6, 6.07) is 2.52. The lowest BCUT2D eigenvalue weighted by atomic mass is 10.0. The number of carbonyl (C=O) groups is 4. The Kier molecular flexibility index (Phi) is 12.6. The molecule has 1 aromatic heterocycles. The molecule has 0 radical (unpaired) electrons. The summed E-state index contributed by atoms with van der Waals surface area (Å²) in [6.45, 7) is 8.93. The minimum atomic E-state index is -1.43. The van der Waals surface area contributed by atoms with Gasteiger partial charge in [-0.05, 0) is 43.9 Å². The highest BCUT2D eigenvalue weighted by atomic mass is 32.2. The van der Waals surface area contributed by atoms with E-state index in [4.69, 9.17) is 4.74 Å². The molecule has 10 nitrogen and oxygen atoms in total. The minimum Gasteiger partial charge on any atom is -0.366 e. The van der Waals surface area contributed by atoms with E-state index < -0.39 is 30.3 Å². The Morgan fingerprint density at radius 1 is 1.26 bits per heavy atom. The number of hydrogen-bond acceptors (Lipinski definition) is 8. The molecule has 0 aromatic carbocycles. The maximum atomic E-state index is 13.0. The molecule has 1 unspecified atom stereocenters. The average Bonchev–Trinajstić information content (AvgIpc) is 2.87. The van der Waals surface area contributed by atoms with Gasteiger partial charge in [-0.3, -0.25) is 19.2 Å². The minimum absolute atomic E-state index is 0.00803. The van der Waals surface area contributed by atoms with Crippen LogP contribution in [0, 0.1) is 12.8 Å². The molecule has 208 valence electrons.